The molecule has 3 rings (SSSR count). The smallest absolute Gasteiger partial charge is 0.417 e. The number of hydrogen-bond acceptors (Lipinski definition) is 5. The molecule has 0 saturated carbocycles. The van der Waals surface area contributed by atoms with Crippen LogP contribution in [0.4, 0.5) is 24.5 Å². The number of carbonyl (C=O) groups is 3. The van der Waals surface area contributed by atoms with Crippen molar-refractivity contribution in [2.75, 3.05) is 30.0 Å². The molecule has 1 atom stereocenters. The molecule has 0 bridgehead atoms. The zero-order valence-corrected chi connectivity index (χ0v) is 18.2. The van der Waals surface area contributed by atoms with Gasteiger partial charge in [-0.05, 0) is 49.4 Å². The number of ether oxygens (including phenoxy) is 2. The van der Waals surface area contributed by atoms with Crippen molar-refractivity contribution in [3.05, 3.63) is 53.1 Å². The summed E-state index contributed by atoms with van der Waals surface area (Å²) in [6.07, 6.45) is -4.77. The van der Waals surface area contributed by atoms with E-state index in [9.17, 15) is 27.6 Å². The summed E-state index contributed by atoms with van der Waals surface area (Å²) in [7, 11) is 0. The molecule has 0 aliphatic carbocycles. The van der Waals surface area contributed by atoms with Crippen LogP contribution in [0, 0.1) is 5.92 Å². The summed E-state index contributed by atoms with van der Waals surface area (Å²) in [6.45, 7) is 1.73. The minimum atomic E-state index is -4.69. The van der Waals surface area contributed by atoms with Gasteiger partial charge in [-0.1, -0.05) is 11.6 Å². The third-order valence-electron chi connectivity index (χ3n) is 4.82. The molecule has 2 aromatic rings. The van der Waals surface area contributed by atoms with Crippen LogP contribution in [0.1, 0.15) is 18.9 Å². The molecule has 11 heteroatoms. The Labute approximate surface area is 192 Å². The van der Waals surface area contributed by atoms with Gasteiger partial charge in [0.05, 0.1) is 23.1 Å². The highest BCUT2D eigenvalue weighted by atomic mass is 35.5. The lowest BCUT2D eigenvalue weighted by Crippen LogP contribution is -2.28. The molecule has 1 heterocycles. The second-order valence-electron chi connectivity index (χ2n) is 7.18. The lowest BCUT2D eigenvalue weighted by Gasteiger charge is -2.17. The van der Waals surface area contributed by atoms with E-state index in [2.05, 4.69) is 5.32 Å². The third-order valence-corrected chi connectivity index (χ3v) is 5.15. The van der Waals surface area contributed by atoms with Gasteiger partial charge in [0.15, 0.2) is 6.61 Å². The lowest BCUT2D eigenvalue weighted by atomic mass is 10.1. The van der Waals surface area contributed by atoms with Gasteiger partial charge in [-0.15, -0.1) is 0 Å². The standard InChI is InChI=1S/C22H20ClF3N2O5/c1-2-32-16-6-4-15(5-7-16)28-11-13(9-20(28)30)21(31)33-12-19(29)27-14-3-8-18(23)17(10-14)22(24,25)26/h3-8,10,13H,2,9,11-12H2,1H3,(H,27,29)/t13-/m1/s1. The highest BCUT2D eigenvalue weighted by Gasteiger charge is 2.36. The fourth-order valence-electron chi connectivity index (χ4n) is 3.28. The molecule has 0 spiro atoms. The molecule has 0 radical (unpaired) electrons. The van der Waals surface area contributed by atoms with Crippen LogP contribution in [0.15, 0.2) is 42.5 Å². The molecule has 1 saturated heterocycles. The quantitative estimate of drug-likeness (QED) is 0.593. The van der Waals surface area contributed by atoms with Crippen molar-refractivity contribution in [2.24, 2.45) is 5.92 Å². The molecule has 1 N–H and O–H groups in total. The second kappa shape index (κ2) is 10.1. The van der Waals surface area contributed by atoms with Gasteiger partial charge in [0.25, 0.3) is 5.91 Å². The number of amides is 2. The fraction of sp³-hybridized carbons (Fsp3) is 0.318. The number of nitrogens with one attached hydrogen (secondary N) is 1. The molecule has 176 valence electrons. The van der Waals surface area contributed by atoms with Crippen molar-refractivity contribution in [1.29, 1.82) is 0 Å². The number of nitrogens with zero attached hydrogens (tertiary/aromatic N) is 1. The van der Waals surface area contributed by atoms with Crippen LogP contribution in [-0.2, 0) is 25.3 Å². The van der Waals surface area contributed by atoms with Crippen molar-refractivity contribution in [3.8, 4) is 5.75 Å². The maximum Gasteiger partial charge on any atom is 0.417 e. The SMILES string of the molecule is CCOc1ccc(N2C[C@H](C(=O)OCC(=O)Nc3ccc(Cl)c(C(F)(F)F)c3)CC2=O)cc1. The zero-order valence-electron chi connectivity index (χ0n) is 17.4. The van der Waals surface area contributed by atoms with Crippen molar-refractivity contribution in [3.63, 3.8) is 0 Å². The molecule has 1 aliphatic rings. The number of hydrogen-bond donors (Lipinski definition) is 1. The molecule has 0 aromatic heterocycles. The molecule has 1 aliphatic heterocycles. The van der Waals surface area contributed by atoms with Crippen molar-refractivity contribution < 1.29 is 37.0 Å². The van der Waals surface area contributed by atoms with Crippen LogP contribution in [-0.4, -0.2) is 37.5 Å². The normalized spacial score (nSPS) is 16.0. The molecule has 2 amide bonds. The summed E-state index contributed by atoms with van der Waals surface area (Å²) in [6, 6.07) is 9.71. The minimum absolute atomic E-state index is 0.0827. The lowest BCUT2D eigenvalue weighted by molar-refractivity contribution is -0.151. The Morgan fingerprint density at radius 3 is 2.52 bits per heavy atom. The van der Waals surface area contributed by atoms with Gasteiger partial charge < -0.3 is 19.7 Å². The first kappa shape index (κ1) is 24.4. The molecule has 33 heavy (non-hydrogen) atoms. The first-order valence-corrected chi connectivity index (χ1v) is 10.3. The van der Waals surface area contributed by atoms with E-state index in [4.69, 9.17) is 21.1 Å². The predicted octanol–water partition coefficient (Wildman–Crippen LogP) is 4.29. The van der Waals surface area contributed by atoms with E-state index in [1.54, 1.807) is 24.3 Å². The second-order valence-corrected chi connectivity index (χ2v) is 7.59. The maximum absolute atomic E-state index is 12.9. The Morgan fingerprint density at radius 2 is 1.88 bits per heavy atom. The Hall–Kier alpha value is -3.27. The Kier molecular flexibility index (Phi) is 7.47. The van der Waals surface area contributed by atoms with Gasteiger partial charge in [0, 0.05) is 24.3 Å². The van der Waals surface area contributed by atoms with E-state index in [1.807, 2.05) is 6.92 Å². The van der Waals surface area contributed by atoms with Gasteiger partial charge in [-0.25, -0.2) is 0 Å². The van der Waals surface area contributed by atoms with E-state index in [-0.39, 0.29) is 24.6 Å². The highest BCUT2D eigenvalue weighted by Crippen LogP contribution is 2.36. The molecule has 7 nitrogen and oxygen atoms in total. The number of anilines is 2. The Balaban J connectivity index is 1.53. The first-order valence-electron chi connectivity index (χ1n) is 9.95. The molecule has 2 aromatic carbocycles. The van der Waals surface area contributed by atoms with Crippen molar-refractivity contribution in [2.45, 2.75) is 19.5 Å². The van der Waals surface area contributed by atoms with Gasteiger partial charge in [-0.3, -0.25) is 14.4 Å². The van der Waals surface area contributed by atoms with E-state index in [0.717, 1.165) is 6.07 Å². The number of carbonyl (C=O) groups excluding carboxylic acids is 3. The summed E-state index contributed by atoms with van der Waals surface area (Å²) in [4.78, 5) is 38.1. The largest absolute Gasteiger partial charge is 0.494 e. The molecule has 0 unspecified atom stereocenters. The average Bonchev–Trinajstić information content (AvgIpc) is 3.15. The first-order chi connectivity index (χ1) is 15.6. The van der Waals surface area contributed by atoms with Crippen LogP contribution < -0.4 is 15.0 Å². The van der Waals surface area contributed by atoms with Crippen LogP contribution in [0.5, 0.6) is 5.75 Å². The van der Waals surface area contributed by atoms with Crippen molar-refractivity contribution in [1.82, 2.24) is 0 Å². The Morgan fingerprint density at radius 1 is 1.18 bits per heavy atom. The van der Waals surface area contributed by atoms with E-state index in [1.165, 1.54) is 11.0 Å². The third kappa shape index (κ3) is 6.16. The van der Waals surface area contributed by atoms with Crippen LogP contribution in [0.2, 0.25) is 5.02 Å². The zero-order chi connectivity index (χ0) is 24.2. The monoisotopic (exact) mass is 484 g/mol. The number of esters is 1. The predicted molar refractivity (Wildman–Crippen MR) is 114 cm³/mol. The highest BCUT2D eigenvalue weighted by molar-refractivity contribution is 6.31. The van der Waals surface area contributed by atoms with Gasteiger partial charge >= 0.3 is 12.1 Å². The molecule has 1 fully saturated rings. The summed E-state index contributed by atoms with van der Waals surface area (Å²) < 4.78 is 49.1. The Bertz CT molecular complexity index is 1040. The van der Waals surface area contributed by atoms with Crippen LogP contribution in [0.3, 0.4) is 0 Å². The number of benzene rings is 2. The topological polar surface area (TPSA) is 84.9 Å². The van der Waals surface area contributed by atoms with Gasteiger partial charge in [-0.2, -0.15) is 13.2 Å². The number of rotatable bonds is 7. The number of alkyl halides is 3. The summed E-state index contributed by atoms with van der Waals surface area (Å²) in [5.41, 5.74) is -0.650. The summed E-state index contributed by atoms with van der Waals surface area (Å²) in [5.74, 6) is -1.97. The minimum Gasteiger partial charge on any atom is -0.494 e. The van der Waals surface area contributed by atoms with E-state index >= 15 is 0 Å². The van der Waals surface area contributed by atoms with Gasteiger partial charge in [0.1, 0.15) is 5.75 Å². The number of halogens is 4. The summed E-state index contributed by atoms with van der Waals surface area (Å²) >= 11 is 5.54. The van der Waals surface area contributed by atoms with Crippen LogP contribution >= 0.6 is 11.6 Å². The van der Waals surface area contributed by atoms with E-state index in [0.29, 0.717) is 24.1 Å². The van der Waals surface area contributed by atoms with E-state index < -0.39 is 41.2 Å². The van der Waals surface area contributed by atoms with Gasteiger partial charge in [0.2, 0.25) is 5.91 Å². The maximum atomic E-state index is 12.9. The van der Waals surface area contributed by atoms with Crippen LogP contribution in [0.25, 0.3) is 0 Å². The molecular formula is C22H20ClF3N2O5. The van der Waals surface area contributed by atoms with Crippen molar-refractivity contribution >= 4 is 40.8 Å². The summed E-state index contributed by atoms with van der Waals surface area (Å²) in [5, 5.41) is 1.72. The average molecular weight is 485 g/mol. The molecular weight excluding hydrogens is 465 g/mol. The fourth-order valence-corrected chi connectivity index (χ4v) is 3.50.